The molecule has 18 heavy (non-hydrogen) atoms. The predicted octanol–water partition coefficient (Wildman–Crippen LogP) is 3.50. The van der Waals surface area contributed by atoms with Crippen molar-refractivity contribution in [2.24, 2.45) is 0 Å². The first-order valence-corrected chi connectivity index (χ1v) is 5.57. The molecule has 0 spiro atoms. The van der Waals surface area contributed by atoms with E-state index in [2.05, 4.69) is 11.4 Å². The van der Waals surface area contributed by atoms with E-state index in [0.29, 0.717) is 11.1 Å². The lowest BCUT2D eigenvalue weighted by molar-refractivity contribution is 0.101. The Balaban J connectivity index is 2.20. The first kappa shape index (κ1) is 11.9. The number of ketones is 1. The molecule has 0 unspecified atom stereocenters. The second-order valence-corrected chi connectivity index (χ2v) is 3.95. The zero-order valence-corrected chi connectivity index (χ0v) is 9.97. The zero-order valence-electron chi connectivity index (χ0n) is 9.97. The average molecular weight is 236 g/mol. The van der Waals surface area contributed by atoms with Crippen LogP contribution in [0.15, 0.2) is 48.5 Å². The van der Waals surface area contributed by atoms with Crippen molar-refractivity contribution in [3.8, 4) is 6.07 Å². The van der Waals surface area contributed by atoms with Crippen LogP contribution in [0.3, 0.4) is 0 Å². The molecule has 1 N–H and O–H groups in total. The van der Waals surface area contributed by atoms with Gasteiger partial charge in [-0.05, 0) is 43.3 Å². The molecule has 0 heterocycles. The molecule has 0 fully saturated rings. The summed E-state index contributed by atoms with van der Waals surface area (Å²) in [6.07, 6.45) is 0. The average Bonchev–Trinajstić information content (AvgIpc) is 2.40. The number of carbonyl (C=O) groups excluding carboxylic acids is 1. The van der Waals surface area contributed by atoms with E-state index in [1.807, 2.05) is 24.3 Å². The third-order valence-corrected chi connectivity index (χ3v) is 2.57. The van der Waals surface area contributed by atoms with Crippen molar-refractivity contribution in [3.63, 3.8) is 0 Å². The van der Waals surface area contributed by atoms with E-state index in [4.69, 9.17) is 5.26 Å². The van der Waals surface area contributed by atoms with Gasteiger partial charge in [-0.15, -0.1) is 0 Å². The zero-order chi connectivity index (χ0) is 13.0. The van der Waals surface area contributed by atoms with Crippen molar-refractivity contribution in [1.29, 1.82) is 5.26 Å². The summed E-state index contributed by atoms with van der Waals surface area (Å²) in [7, 11) is 0. The van der Waals surface area contributed by atoms with Crippen LogP contribution >= 0.6 is 0 Å². The van der Waals surface area contributed by atoms with E-state index in [9.17, 15) is 4.79 Å². The van der Waals surface area contributed by atoms with Crippen molar-refractivity contribution in [2.45, 2.75) is 6.92 Å². The summed E-state index contributed by atoms with van der Waals surface area (Å²) in [5.74, 6) is 0.0403. The van der Waals surface area contributed by atoms with Gasteiger partial charge in [0.1, 0.15) is 0 Å². The van der Waals surface area contributed by atoms with Crippen LogP contribution in [0.1, 0.15) is 22.8 Å². The van der Waals surface area contributed by atoms with Gasteiger partial charge in [-0.25, -0.2) is 0 Å². The van der Waals surface area contributed by atoms with Gasteiger partial charge in [-0.2, -0.15) is 5.26 Å². The maximum atomic E-state index is 11.3. The molecule has 3 heteroatoms. The second kappa shape index (κ2) is 5.15. The SMILES string of the molecule is CC(=O)c1cccc(Nc2ccc(C#N)cc2)c1. The highest BCUT2D eigenvalue weighted by molar-refractivity contribution is 5.95. The fourth-order valence-corrected chi connectivity index (χ4v) is 1.61. The number of hydrogen-bond donors (Lipinski definition) is 1. The lowest BCUT2D eigenvalue weighted by Crippen LogP contribution is -1.95. The maximum absolute atomic E-state index is 11.3. The van der Waals surface area contributed by atoms with Gasteiger partial charge < -0.3 is 5.32 Å². The number of nitrogens with zero attached hydrogens (tertiary/aromatic N) is 1. The van der Waals surface area contributed by atoms with E-state index in [-0.39, 0.29) is 5.78 Å². The fraction of sp³-hybridized carbons (Fsp3) is 0.0667. The molecular formula is C15H12N2O. The van der Waals surface area contributed by atoms with Crippen molar-refractivity contribution >= 4 is 17.2 Å². The molecule has 0 aliphatic heterocycles. The van der Waals surface area contributed by atoms with Gasteiger partial charge in [0, 0.05) is 16.9 Å². The third-order valence-electron chi connectivity index (χ3n) is 2.57. The van der Waals surface area contributed by atoms with Gasteiger partial charge in [0.15, 0.2) is 5.78 Å². The van der Waals surface area contributed by atoms with Crippen LogP contribution in [0.25, 0.3) is 0 Å². The number of nitriles is 1. The molecule has 0 radical (unpaired) electrons. The van der Waals surface area contributed by atoms with Crippen LogP contribution in [0.5, 0.6) is 0 Å². The Morgan fingerprint density at radius 1 is 1.11 bits per heavy atom. The summed E-state index contributed by atoms with van der Waals surface area (Å²) < 4.78 is 0. The Labute approximate surface area is 106 Å². The van der Waals surface area contributed by atoms with Gasteiger partial charge in [-0.3, -0.25) is 4.79 Å². The molecule has 3 nitrogen and oxygen atoms in total. The highest BCUT2D eigenvalue weighted by Gasteiger charge is 2.00. The van der Waals surface area contributed by atoms with Crippen LogP contribution in [0.4, 0.5) is 11.4 Å². The maximum Gasteiger partial charge on any atom is 0.159 e. The van der Waals surface area contributed by atoms with Gasteiger partial charge in [0.05, 0.1) is 11.6 Å². The van der Waals surface area contributed by atoms with Crippen molar-refractivity contribution in [1.82, 2.24) is 0 Å². The number of hydrogen-bond acceptors (Lipinski definition) is 3. The molecule has 0 aliphatic carbocycles. The minimum absolute atomic E-state index is 0.0403. The van der Waals surface area contributed by atoms with Gasteiger partial charge in [0.2, 0.25) is 0 Å². The first-order chi connectivity index (χ1) is 8.69. The van der Waals surface area contributed by atoms with Crippen molar-refractivity contribution in [3.05, 3.63) is 59.7 Å². The summed E-state index contributed by atoms with van der Waals surface area (Å²) in [5.41, 5.74) is 3.04. The van der Waals surface area contributed by atoms with Crippen LogP contribution < -0.4 is 5.32 Å². The summed E-state index contributed by atoms with van der Waals surface area (Å²) >= 11 is 0. The summed E-state index contributed by atoms with van der Waals surface area (Å²) in [6, 6.07) is 16.5. The summed E-state index contributed by atoms with van der Waals surface area (Å²) in [5, 5.41) is 11.9. The molecular weight excluding hydrogens is 224 g/mol. The van der Waals surface area contributed by atoms with Crippen LogP contribution in [0.2, 0.25) is 0 Å². The molecule has 0 bridgehead atoms. The molecule has 0 aliphatic rings. The molecule has 0 amide bonds. The smallest absolute Gasteiger partial charge is 0.159 e. The fourth-order valence-electron chi connectivity index (χ4n) is 1.61. The van der Waals surface area contributed by atoms with E-state index in [1.165, 1.54) is 0 Å². The number of benzene rings is 2. The molecule has 88 valence electrons. The molecule has 0 saturated heterocycles. The number of carbonyl (C=O) groups is 1. The highest BCUT2D eigenvalue weighted by atomic mass is 16.1. The molecule has 2 aromatic rings. The number of anilines is 2. The topological polar surface area (TPSA) is 52.9 Å². The number of nitrogens with one attached hydrogen (secondary N) is 1. The highest BCUT2D eigenvalue weighted by Crippen LogP contribution is 2.18. The molecule has 0 atom stereocenters. The Morgan fingerprint density at radius 2 is 1.83 bits per heavy atom. The number of Topliss-reactive ketones (excluding diaryl/α,β-unsaturated/α-hetero) is 1. The minimum atomic E-state index is 0.0403. The number of rotatable bonds is 3. The summed E-state index contributed by atoms with van der Waals surface area (Å²) in [4.78, 5) is 11.3. The van der Waals surface area contributed by atoms with Gasteiger partial charge in [-0.1, -0.05) is 12.1 Å². The van der Waals surface area contributed by atoms with Crippen molar-refractivity contribution in [2.75, 3.05) is 5.32 Å². The van der Waals surface area contributed by atoms with E-state index in [1.54, 1.807) is 31.2 Å². The molecule has 2 aromatic carbocycles. The van der Waals surface area contributed by atoms with Gasteiger partial charge >= 0.3 is 0 Å². The monoisotopic (exact) mass is 236 g/mol. The predicted molar refractivity (Wildman–Crippen MR) is 70.9 cm³/mol. The van der Waals surface area contributed by atoms with Crippen LogP contribution in [-0.4, -0.2) is 5.78 Å². The van der Waals surface area contributed by atoms with E-state index >= 15 is 0 Å². The first-order valence-electron chi connectivity index (χ1n) is 5.57. The normalized spacial score (nSPS) is 9.56. The van der Waals surface area contributed by atoms with E-state index < -0.39 is 0 Å². The van der Waals surface area contributed by atoms with Crippen LogP contribution in [0, 0.1) is 11.3 Å². The molecule has 0 aromatic heterocycles. The Morgan fingerprint density at radius 3 is 2.44 bits per heavy atom. The Bertz CT molecular complexity index is 609. The lowest BCUT2D eigenvalue weighted by atomic mass is 10.1. The molecule has 0 saturated carbocycles. The van der Waals surface area contributed by atoms with E-state index in [0.717, 1.165) is 11.4 Å². The standard InChI is InChI=1S/C15H12N2O/c1-11(18)13-3-2-4-15(9-13)17-14-7-5-12(10-16)6-8-14/h2-9,17H,1H3. The van der Waals surface area contributed by atoms with Crippen LogP contribution in [-0.2, 0) is 0 Å². The minimum Gasteiger partial charge on any atom is -0.356 e. The Kier molecular flexibility index (Phi) is 3.40. The Hall–Kier alpha value is -2.60. The third kappa shape index (κ3) is 2.74. The lowest BCUT2D eigenvalue weighted by Gasteiger charge is -2.07. The largest absolute Gasteiger partial charge is 0.356 e. The molecule has 2 rings (SSSR count). The van der Waals surface area contributed by atoms with Crippen molar-refractivity contribution < 1.29 is 4.79 Å². The second-order valence-electron chi connectivity index (χ2n) is 3.95. The summed E-state index contributed by atoms with van der Waals surface area (Å²) in [6.45, 7) is 1.54. The quantitative estimate of drug-likeness (QED) is 0.830. The van der Waals surface area contributed by atoms with Gasteiger partial charge in [0.25, 0.3) is 0 Å².